The van der Waals surface area contributed by atoms with Gasteiger partial charge >= 0.3 is 0 Å². The molecule has 1 aromatic carbocycles. The zero-order valence-electron chi connectivity index (χ0n) is 16.4. The number of hydrogen-bond acceptors (Lipinski definition) is 6. The van der Waals surface area contributed by atoms with E-state index in [-0.39, 0.29) is 17.8 Å². The lowest BCUT2D eigenvalue weighted by Gasteiger charge is -2.35. The van der Waals surface area contributed by atoms with Crippen LogP contribution in [0.2, 0.25) is 0 Å². The maximum atomic E-state index is 13.5. The van der Waals surface area contributed by atoms with Crippen molar-refractivity contribution >= 4 is 39.1 Å². The van der Waals surface area contributed by atoms with E-state index in [0.717, 1.165) is 39.2 Å². The molecule has 156 valence electrons. The molecule has 4 rings (SSSR count). The van der Waals surface area contributed by atoms with Crippen LogP contribution in [0, 0.1) is 12.7 Å². The fourth-order valence-corrected chi connectivity index (χ4v) is 4.72. The second kappa shape index (κ2) is 9.18. The van der Waals surface area contributed by atoms with Gasteiger partial charge in [0.05, 0.1) is 14.4 Å². The van der Waals surface area contributed by atoms with Crippen LogP contribution in [0.3, 0.4) is 0 Å². The Labute approximate surface area is 186 Å². The van der Waals surface area contributed by atoms with Gasteiger partial charge in [-0.05, 0) is 59.8 Å². The molecule has 1 fully saturated rings. The number of carbonyl (C=O) groups is 1. The highest BCUT2D eigenvalue weighted by Gasteiger charge is 2.31. The number of hydrogen-bond donors (Lipinski definition) is 1. The van der Waals surface area contributed by atoms with Gasteiger partial charge in [-0.15, -0.1) is 11.3 Å². The number of thiazole rings is 1. The molecule has 0 saturated carbocycles. The van der Waals surface area contributed by atoms with E-state index in [9.17, 15) is 9.18 Å². The molecule has 3 aromatic rings. The number of aryl methyl sites for hydroxylation is 1. The fourth-order valence-electron chi connectivity index (χ4n) is 3.60. The number of benzene rings is 1. The third kappa shape index (κ3) is 4.67. The number of halogens is 2. The minimum Gasteiger partial charge on any atom is -0.352 e. The first-order chi connectivity index (χ1) is 14.5. The molecule has 1 N–H and O–H groups in total. The first-order valence-corrected chi connectivity index (χ1v) is 11.4. The van der Waals surface area contributed by atoms with E-state index in [1.54, 1.807) is 24.5 Å². The highest BCUT2D eigenvalue weighted by atomic mass is 79.9. The Morgan fingerprint density at radius 3 is 2.73 bits per heavy atom. The number of nitrogens with one attached hydrogen (secondary N) is 1. The molecule has 0 spiro atoms. The monoisotopic (exact) mass is 489 g/mol. The Hall–Kier alpha value is -2.39. The molecular weight excluding hydrogens is 469 g/mol. The summed E-state index contributed by atoms with van der Waals surface area (Å²) in [6.07, 6.45) is 6.31. The fraction of sp³-hybridized carbons (Fsp3) is 0.333. The van der Waals surface area contributed by atoms with Gasteiger partial charge in [-0.3, -0.25) is 4.79 Å². The molecule has 1 unspecified atom stereocenters. The molecule has 1 saturated heterocycles. The summed E-state index contributed by atoms with van der Waals surface area (Å²) in [6, 6.07) is 6.23. The van der Waals surface area contributed by atoms with E-state index < -0.39 is 0 Å². The maximum Gasteiger partial charge on any atom is 0.274 e. The summed E-state index contributed by atoms with van der Waals surface area (Å²) in [7, 11) is 0. The van der Waals surface area contributed by atoms with Crippen LogP contribution in [0.4, 0.5) is 10.3 Å². The molecule has 0 bridgehead atoms. The van der Waals surface area contributed by atoms with Gasteiger partial charge in [0.25, 0.3) is 5.91 Å². The summed E-state index contributed by atoms with van der Waals surface area (Å²) in [5.74, 6) is 0.153. The number of rotatable bonds is 5. The molecule has 9 heteroatoms. The van der Waals surface area contributed by atoms with Crippen molar-refractivity contribution < 1.29 is 9.18 Å². The Bertz CT molecular complexity index is 1020. The predicted molar refractivity (Wildman–Crippen MR) is 119 cm³/mol. The van der Waals surface area contributed by atoms with E-state index in [4.69, 9.17) is 0 Å². The second-order valence-corrected chi connectivity index (χ2v) is 9.29. The highest BCUT2D eigenvalue weighted by molar-refractivity contribution is 9.10. The van der Waals surface area contributed by atoms with E-state index >= 15 is 0 Å². The van der Waals surface area contributed by atoms with Crippen molar-refractivity contribution in [2.45, 2.75) is 32.2 Å². The summed E-state index contributed by atoms with van der Waals surface area (Å²) < 4.78 is 14.2. The van der Waals surface area contributed by atoms with Gasteiger partial charge < -0.3 is 10.2 Å². The Kier molecular flexibility index (Phi) is 6.38. The van der Waals surface area contributed by atoms with Crippen LogP contribution < -0.4 is 5.32 Å². The van der Waals surface area contributed by atoms with Crippen molar-refractivity contribution in [3.8, 4) is 10.4 Å². The number of likely N-dealkylation sites (tertiary alicyclic amines) is 1. The lowest BCUT2D eigenvalue weighted by Crippen LogP contribution is -2.47. The van der Waals surface area contributed by atoms with Crippen molar-refractivity contribution in [2.24, 2.45) is 0 Å². The zero-order chi connectivity index (χ0) is 21.1. The molecular formula is C21H21BrFN5OS. The molecule has 30 heavy (non-hydrogen) atoms. The lowest BCUT2D eigenvalue weighted by atomic mass is 10.0. The topological polar surface area (TPSA) is 71.0 Å². The van der Waals surface area contributed by atoms with Gasteiger partial charge in [-0.25, -0.2) is 19.3 Å². The Morgan fingerprint density at radius 1 is 1.27 bits per heavy atom. The summed E-state index contributed by atoms with van der Waals surface area (Å²) >= 11 is 4.78. The first kappa shape index (κ1) is 20.9. The average Bonchev–Trinajstić information content (AvgIpc) is 3.15. The van der Waals surface area contributed by atoms with Gasteiger partial charge in [0.15, 0.2) is 0 Å². The molecule has 0 radical (unpaired) electrons. The van der Waals surface area contributed by atoms with Crippen LogP contribution in [0.5, 0.6) is 0 Å². The van der Waals surface area contributed by atoms with Crippen LogP contribution in [-0.2, 0) is 0 Å². The van der Waals surface area contributed by atoms with E-state index in [0.29, 0.717) is 24.7 Å². The standard InChI is InChI=1S/C21H21BrFN5OS/c1-13-27-18(19(30-13)14-5-7-16(23)8-6-14)20(29)28-9-3-2-4-17(28)12-26-21-24-10-15(22)11-25-21/h5-8,10-11,17H,2-4,9,12H2,1H3,(H,24,25,26). The summed E-state index contributed by atoms with van der Waals surface area (Å²) in [4.78, 5) is 29.2. The summed E-state index contributed by atoms with van der Waals surface area (Å²) in [5.41, 5.74) is 1.25. The Morgan fingerprint density at radius 2 is 2.00 bits per heavy atom. The smallest absolute Gasteiger partial charge is 0.274 e. The molecule has 1 amide bonds. The second-order valence-electron chi connectivity index (χ2n) is 7.17. The number of aromatic nitrogens is 3. The highest BCUT2D eigenvalue weighted by Crippen LogP contribution is 2.32. The maximum absolute atomic E-state index is 13.5. The van der Waals surface area contributed by atoms with Crippen molar-refractivity contribution in [1.82, 2.24) is 19.9 Å². The third-order valence-electron chi connectivity index (χ3n) is 5.05. The number of anilines is 1. The van der Waals surface area contributed by atoms with Gasteiger partial charge in [0.1, 0.15) is 11.5 Å². The van der Waals surface area contributed by atoms with E-state index in [1.807, 2.05) is 11.8 Å². The Balaban J connectivity index is 1.55. The first-order valence-electron chi connectivity index (χ1n) is 9.77. The lowest BCUT2D eigenvalue weighted by molar-refractivity contribution is 0.0623. The number of amides is 1. The average molecular weight is 490 g/mol. The molecule has 1 aliphatic heterocycles. The van der Waals surface area contributed by atoms with Crippen LogP contribution in [0.25, 0.3) is 10.4 Å². The van der Waals surface area contributed by atoms with Crippen molar-refractivity contribution in [3.05, 3.63) is 57.7 Å². The normalized spacial score (nSPS) is 16.5. The number of piperidine rings is 1. The molecule has 6 nitrogen and oxygen atoms in total. The van der Waals surface area contributed by atoms with Gasteiger partial charge in [-0.2, -0.15) is 0 Å². The van der Waals surface area contributed by atoms with Crippen LogP contribution in [-0.4, -0.2) is 44.9 Å². The SMILES string of the molecule is Cc1nc(C(=O)N2CCCCC2CNc2ncc(Br)cn2)c(-c2ccc(F)cc2)s1. The van der Waals surface area contributed by atoms with Gasteiger partial charge in [0, 0.05) is 31.5 Å². The van der Waals surface area contributed by atoms with E-state index in [2.05, 4.69) is 36.2 Å². The minimum absolute atomic E-state index is 0.0292. The van der Waals surface area contributed by atoms with Gasteiger partial charge in [-0.1, -0.05) is 12.1 Å². The largest absolute Gasteiger partial charge is 0.352 e. The molecule has 0 aliphatic carbocycles. The van der Waals surface area contributed by atoms with Crippen molar-refractivity contribution in [1.29, 1.82) is 0 Å². The molecule has 3 heterocycles. The zero-order valence-corrected chi connectivity index (χ0v) is 18.8. The summed E-state index contributed by atoms with van der Waals surface area (Å²) in [6.45, 7) is 3.14. The van der Waals surface area contributed by atoms with E-state index in [1.165, 1.54) is 23.5 Å². The molecule has 1 aliphatic rings. The van der Waals surface area contributed by atoms with Gasteiger partial charge in [0.2, 0.25) is 5.95 Å². The van der Waals surface area contributed by atoms with Crippen LogP contribution >= 0.6 is 27.3 Å². The van der Waals surface area contributed by atoms with Crippen molar-refractivity contribution in [3.63, 3.8) is 0 Å². The number of nitrogens with zero attached hydrogens (tertiary/aromatic N) is 4. The quantitative estimate of drug-likeness (QED) is 0.550. The third-order valence-corrected chi connectivity index (χ3v) is 6.48. The van der Waals surface area contributed by atoms with Crippen LogP contribution in [0.15, 0.2) is 41.1 Å². The predicted octanol–water partition coefficient (Wildman–Crippen LogP) is 4.92. The van der Waals surface area contributed by atoms with Crippen molar-refractivity contribution in [2.75, 3.05) is 18.4 Å². The minimum atomic E-state index is -0.301. The summed E-state index contributed by atoms with van der Waals surface area (Å²) in [5, 5.41) is 4.05. The molecule has 1 atom stereocenters. The number of carbonyl (C=O) groups excluding carboxylic acids is 1. The molecule has 2 aromatic heterocycles. The van der Waals surface area contributed by atoms with Crippen LogP contribution in [0.1, 0.15) is 34.8 Å².